The summed E-state index contributed by atoms with van der Waals surface area (Å²) >= 11 is 0. The second kappa shape index (κ2) is 7.46. The molecule has 1 aliphatic rings. The molecule has 2 aromatic carbocycles. The molecule has 3 aromatic rings. The Balaban J connectivity index is 1.59. The Kier molecular flexibility index (Phi) is 4.86. The predicted molar refractivity (Wildman–Crippen MR) is 103 cm³/mol. The highest BCUT2D eigenvalue weighted by molar-refractivity contribution is 5.98. The molecular formula is C22H19F2N3O. The molecule has 28 heavy (non-hydrogen) atoms. The van der Waals surface area contributed by atoms with E-state index >= 15 is 0 Å². The summed E-state index contributed by atoms with van der Waals surface area (Å²) in [6.07, 6.45) is 5.89. The van der Waals surface area contributed by atoms with Crippen molar-refractivity contribution in [2.24, 2.45) is 0 Å². The van der Waals surface area contributed by atoms with Gasteiger partial charge in [-0.15, -0.1) is 0 Å². The molecule has 1 heterocycles. The van der Waals surface area contributed by atoms with Crippen molar-refractivity contribution < 1.29 is 13.6 Å². The highest BCUT2D eigenvalue weighted by Crippen LogP contribution is 2.43. The van der Waals surface area contributed by atoms with E-state index in [1.54, 1.807) is 12.4 Å². The number of nitrogens with one attached hydrogen (secondary N) is 1. The predicted octanol–water partition coefficient (Wildman–Crippen LogP) is 4.87. The van der Waals surface area contributed by atoms with Gasteiger partial charge in [0.15, 0.2) is 0 Å². The summed E-state index contributed by atoms with van der Waals surface area (Å²) in [7, 11) is 0. The van der Waals surface area contributed by atoms with Gasteiger partial charge < -0.3 is 0 Å². The lowest BCUT2D eigenvalue weighted by Crippen LogP contribution is -2.39. The van der Waals surface area contributed by atoms with Crippen LogP contribution in [0.2, 0.25) is 0 Å². The van der Waals surface area contributed by atoms with E-state index in [0.717, 1.165) is 30.0 Å². The molecule has 142 valence electrons. The third-order valence-corrected chi connectivity index (χ3v) is 5.32. The van der Waals surface area contributed by atoms with Gasteiger partial charge in [-0.2, -0.15) is 0 Å². The first-order valence-electron chi connectivity index (χ1n) is 9.23. The SMILES string of the molecule is O=C(Nc1ncc(-c2ccccc2)cn1)C1(c2ccc(F)cc2F)CCCC1. The van der Waals surface area contributed by atoms with Crippen LogP contribution in [-0.2, 0) is 10.2 Å². The number of carbonyl (C=O) groups excluding carboxylic acids is 1. The van der Waals surface area contributed by atoms with Crippen molar-refractivity contribution in [2.45, 2.75) is 31.1 Å². The molecule has 1 N–H and O–H groups in total. The maximum Gasteiger partial charge on any atom is 0.237 e. The first-order chi connectivity index (χ1) is 13.6. The molecule has 0 saturated heterocycles. The van der Waals surface area contributed by atoms with Gasteiger partial charge in [-0.05, 0) is 24.5 Å². The summed E-state index contributed by atoms with van der Waals surface area (Å²) in [6, 6.07) is 13.1. The third kappa shape index (κ3) is 3.38. The van der Waals surface area contributed by atoms with Crippen LogP contribution in [0, 0.1) is 11.6 Å². The number of rotatable bonds is 4. The van der Waals surface area contributed by atoms with Crippen molar-refractivity contribution in [3.8, 4) is 11.1 Å². The molecule has 0 atom stereocenters. The zero-order valence-corrected chi connectivity index (χ0v) is 15.2. The molecule has 4 nitrogen and oxygen atoms in total. The molecule has 1 aromatic heterocycles. The molecule has 0 spiro atoms. The summed E-state index contributed by atoms with van der Waals surface area (Å²) in [6.45, 7) is 0. The third-order valence-electron chi connectivity index (χ3n) is 5.32. The standard InChI is InChI=1S/C22H19F2N3O/c23-17-8-9-18(19(24)12-17)22(10-4-5-11-22)20(28)27-21-25-13-16(14-26-21)15-6-2-1-3-7-15/h1-3,6-9,12-14H,4-5,10-11H2,(H,25,26,27,28). The molecule has 1 amide bonds. The van der Waals surface area contributed by atoms with Crippen LogP contribution in [0.4, 0.5) is 14.7 Å². The Labute approximate surface area is 161 Å². The van der Waals surface area contributed by atoms with Crippen LogP contribution in [0.15, 0.2) is 60.9 Å². The van der Waals surface area contributed by atoms with Gasteiger partial charge in [0.2, 0.25) is 11.9 Å². The van der Waals surface area contributed by atoms with E-state index in [-0.39, 0.29) is 17.4 Å². The lowest BCUT2D eigenvalue weighted by atomic mass is 9.77. The molecular weight excluding hydrogens is 360 g/mol. The summed E-state index contributed by atoms with van der Waals surface area (Å²) < 4.78 is 27.8. The van der Waals surface area contributed by atoms with Crippen LogP contribution in [0.1, 0.15) is 31.2 Å². The molecule has 0 radical (unpaired) electrons. The number of benzene rings is 2. The fourth-order valence-corrected chi connectivity index (χ4v) is 3.87. The fraction of sp³-hybridized carbons (Fsp3) is 0.227. The van der Waals surface area contributed by atoms with Gasteiger partial charge in [0, 0.05) is 29.6 Å². The first-order valence-corrected chi connectivity index (χ1v) is 9.23. The van der Waals surface area contributed by atoms with Gasteiger partial charge in [0.05, 0.1) is 5.41 Å². The van der Waals surface area contributed by atoms with Gasteiger partial charge in [0.1, 0.15) is 11.6 Å². The molecule has 0 aliphatic heterocycles. The number of aromatic nitrogens is 2. The van der Waals surface area contributed by atoms with Crippen molar-refractivity contribution in [3.63, 3.8) is 0 Å². The van der Waals surface area contributed by atoms with Gasteiger partial charge in [-0.1, -0.05) is 49.2 Å². The quantitative estimate of drug-likeness (QED) is 0.703. The van der Waals surface area contributed by atoms with Crippen molar-refractivity contribution in [1.82, 2.24) is 9.97 Å². The summed E-state index contributed by atoms with van der Waals surface area (Å²) in [5.74, 6) is -1.55. The summed E-state index contributed by atoms with van der Waals surface area (Å²) in [5, 5.41) is 2.72. The zero-order valence-electron chi connectivity index (χ0n) is 15.2. The van der Waals surface area contributed by atoms with Gasteiger partial charge >= 0.3 is 0 Å². The van der Waals surface area contributed by atoms with Gasteiger partial charge in [-0.3, -0.25) is 10.1 Å². The fourth-order valence-electron chi connectivity index (χ4n) is 3.87. The van der Waals surface area contributed by atoms with E-state index in [4.69, 9.17) is 0 Å². The highest BCUT2D eigenvalue weighted by atomic mass is 19.1. The minimum absolute atomic E-state index is 0.165. The van der Waals surface area contributed by atoms with Crippen LogP contribution >= 0.6 is 0 Å². The molecule has 6 heteroatoms. The Morgan fingerprint density at radius 1 is 0.929 bits per heavy atom. The number of nitrogens with zero attached hydrogens (tertiary/aromatic N) is 2. The number of carbonyl (C=O) groups is 1. The molecule has 0 bridgehead atoms. The molecule has 1 saturated carbocycles. The van der Waals surface area contributed by atoms with Crippen LogP contribution < -0.4 is 5.32 Å². The topological polar surface area (TPSA) is 54.9 Å². The number of halogens is 2. The Hall–Kier alpha value is -3.15. The average molecular weight is 379 g/mol. The molecule has 4 rings (SSSR count). The average Bonchev–Trinajstić information content (AvgIpc) is 3.20. The number of hydrogen-bond donors (Lipinski definition) is 1. The monoisotopic (exact) mass is 379 g/mol. The zero-order chi connectivity index (χ0) is 19.6. The van der Waals surface area contributed by atoms with Crippen molar-refractivity contribution in [2.75, 3.05) is 5.32 Å². The van der Waals surface area contributed by atoms with Crippen molar-refractivity contribution in [1.29, 1.82) is 0 Å². The van der Waals surface area contributed by atoms with E-state index < -0.39 is 17.0 Å². The first kappa shape index (κ1) is 18.2. The number of anilines is 1. The van der Waals surface area contributed by atoms with Gasteiger partial charge in [-0.25, -0.2) is 18.7 Å². The van der Waals surface area contributed by atoms with Gasteiger partial charge in [0.25, 0.3) is 0 Å². The van der Waals surface area contributed by atoms with Crippen LogP contribution in [0.3, 0.4) is 0 Å². The van der Waals surface area contributed by atoms with Crippen molar-refractivity contribution in [3.05, 3.63) is 78.1 Å². The second-order valence-corrected chi connectivity index (χ2v) is 7.03. The van der Waals surface area contributed by atoms with E-state index in [0.29, 0.717) is 12.8 Å². The lowest BCUT2D eigenvalue weighted by molar-refractivity contribution is -0.121. The normalized spacial score (nSPS) is 15.4. The number of amides is 1. The molecule has 1 fully saturated rings. The Morgan fingerprint density at radius 3 is 2.25 bits per heavy atom. The smallest absolute Gasteiger partial charge is 0.237 e. The summed E-state index contributed by atoms with van der Waals surface area (Å²) in [4.78, 5) is 21.5. The maximum atomic E-state index is 14.4. The summed E-state index contributed by atoms with van der Waals surface area (Å²) in [5.41, 5.74) is 1.00. The van der Waals surface area contributed by atoms with Crippen LogP contribution in [0.25, 0.3) is 11.1 Å². The highest BCUT2D eigenvalue weighted by Gasteiger charge is 2.44. The van der Waals surface area contributed by atoms with E-state index in [9.17, 15) is 13.6 Å². The van der Waals surface area contributed by atoms with E-state index in [2.05, 4.69) is 15.3 Å². The minimum atomic E-state index is -1.03. The minimum Gasteiger partial charge on any atom is -0.294 e. The maximum absolute atomic E-state index is 14.4. The number of hydrogen-bond acceptors (Lipinski definition) is 3. The second-order valence-electron chi connectivity index (χ2n) is 7.03. The largest absolute Gasteiger partial charge is 0.294 e. The Bertz CT molecular complexity index is 984. The molecule has 1 aliphatic carbocycles. The van der Waals surface area contributed by atoms with Crippen LogP contribution in [-0.4, -0.2) is 15.9 Å². The van der Waals surface area contributed by atoms with E-state index in [1.165, 1.54) is 12.1 Å². The van der Waals surface area contributed by atoms with Crippen LogP contribution in [0.5, 0.6) is 0 Å². The Morgan fingerprint density at radius 2 is 1.61 bits per heavy atom. The molecule has 0 unspecified atom stereocenters. The van der Waals surface area contributed by atoms with Crippen molar-refractivity contribution >= 4 is 11.9 Å². The van der Waals surface area contributed by atoms with E-state index in [1.807, 2.05) is 30.3 Å². The lowest BCUT2D eigenvalue weighted by Gasteiger charge is -2.28.